The Balaban J connectivity index is 1.38. The maximum atomic E-state index is 12.7. The Morgan fingerprint density at radius 1 is 1.07 bits per heavy atom. The van der Waals surface area contributed by atoms with Crippen molar-refractivity contribution in [3.8, 4) is 11.3 Å². The summed E-state index contributed by atoms with van der Waals surface area (Å²) < 4.78 is 6.95. The highest BCUT2D eigenvalue weighted by molar-refractivity contribution is 5.94. The molecule has 0 unspecified atom stereocenters. The molecule has 4 rings (SSSR count). The average Bonchev–Trinajstić information content (AvgIpc) is 3.40. The zero-order valence-electron chi connectivity index (χ0n) is 14.5. The summed E-state index contributed by atoms with van der Waals surface area (Å²) in [6, 6.07) is 7.38. The van der Waals surface area contributed by atoms with Gasteiger partial charge in [0.15, 0.2) is 12.2 Å². The van der Waals surface area contributed by atoms with E-state index in [0.29, 0.717) is 24.4 Å². The van der Waals surface area contributed by atoms with Crippen LogP contribution in [0.2, 0.25) is 0 Å². The minimum atomic E-state index is -0.984. The molecule has 0 aliphatic carbocycles. The third kappa shape index (κ3) is 3.46. The molecule has 0 spiro atoms. The monoisotopic (exact) mass is 366 g/mol. The van der Waals surface area contributed by atoms with Crippen LogP contribution in [0.1, 0.15) is 39.6 Å². The van der Waals surface area contributed by atoms with Crippen molar-refractivity contribution in [3.63, 3.8) is 0 Å². The highest BCUT2D eigenvalue weighted by Crippen LogP contribution is 2.24. The Morgan fingerprint density at radius 3 is 2.41 bits per heavy atom. The van der Waals surface area contributed by atoms with Crippen LogP contribution in [0.5, 0.6) is 0 Å². The molecule has 1 aliphatic heterocycles. The molecule has 1 saturated heterocycles. The van der Waals surface area contributed by atoms with E-state index in [1.54, 1.807) is 29.2 Å². The third-order valence-electron chi connectivity index (χ3n) is 4.82. The van der Waals surface area contributed by atoms with Crippen molar-refractivity contribution in [2.24, 2.45) is 0 Å². The van der Waals surface area contributed by atoms with E-state index in [2.05, 4.69) is 10.1 Å². The number of oxazole rings is 1. The van der Waals surface area contributed by atoms with Crippen molar-refractivity contribution in [3.05, 3.63) is 60.4 Å². The van der Waals surface area contributed by atoms with Crippen LogP contribution >= 0.6 is 0 Å². The van der Waals surface area contributed by atoms with Gasteiger partial charge in [-0.1, -0.05) is 12.1 Å². The van der Waals surface area contributed by atoms with Gasteiger partial charge in [-0.15, -0.1) is 0 Å². The van der Waals surface area contributed by atoms with E-state index in [-0.39, 0.29) is 17.5 Å². The normalized spacial score (nSPS) is 15.0. The topological polar surface area (TPSA) is 101 Å². The minimum Gasteiger partial charge on any atom is -0.478 e. The Morgan fingerprint density at radius 2 is 1.81 bits per heavy atom. The second-order valence-corrected chi connectivity index (χ2v) is 6.48. The maximum absolute atomic E-state index is 12.7. The molecule has 1 aromatic carbocycles. The predicted molar refractivity (Wildman–Crippen MR) is 95.3 cm³/mol. The summed E-state index contributed by atoms with van der Waals surface area (Å²) in [5.41, 5.74) is 1.68. The number of carbonyl (C=O) groups is 2. The van der Waals surface area contributed by atoms with E-state index in [9.17, 15) is 9.59 Å². The van der Waals surface area contributed by atoms with Crippen molar-refractivity contribution >= 4 is 11.9 Å². The summed E-state index contributed by atoms with van der Waals surface area (Å²) in [7, 11) is 0. The first-order valence-corrected chi connectivity index (χ1v) is 8.67. The lowest BCUT2D eigenvalue weighted by molar-refractivity contribution is 0.0688. The number of piperidine rings is 1. The zero-order valence-corrected chi connectivity index (χ0v) is 14.5. The molecule has 0 saturated carbocycles. The number of carbonyl (C=O) groups excluding carboxylic acids is 1. The largest absolute Gasteiger partial charge is 0.478 e. The van der Waals surface area contributed by atoms with Crippen LogP contribution in [-0.4, -0.2) is 49.7 Å². The van der Waals surface area contributed by atoms with E-state index < -0.39 is 5.97 Å². The third-order valence-corrected chi connectivity index (χ3v) is 4.82. The van der Waals surface area contributed by atoms with Crippen LogP contribution in [-0.2, 0) is 0 Å². The number of likely N-dealkylation sites (tertiary alicyclic amines) is 1. The molecule has 138 valence electrons. The number of hydrogen-bond acceptors (Lipinski definition) is 5. The summed E-state index contributed by atoms with van der Waals surface area (Å²) in [5, 5.41) is 13.1. The van der Waals surface area contributed by atoms with Gasteiger partial charge >= 0.3 is 5.97 Å². The lowest BCUT2D eigenvalue weighted by Gasteiger charge is -2.32. The van der Waals surface area contributed by atoms with Gasteiger partial charge in [0.05, 0.1) is 24.0 Å². The van der Waals surface area contributed by atoms with Gasteiger partial charge in [-0.25, -0.2) is 9.78 Å². The quantitative estimate of drug-likeness (QED) is 0.762. The van der Waals surface area contributed by atoms with Gasteiger partial charge in [-0.05, 0) is 25.0 Å². The van der Waals surface area contributed by atoms with Gasteiger partial charge in [0.25, 0.3) is 5.91 Å². The molecular weight excluding hydrogens is 348 g/mol. The fourth-order valence-corrected chi connectivity index (χ4v) is 3.30. The molecule has 1 amide bonds. The van der Waals surface area contributed by atoms with Crippen LogP contribution < -0.4 is 0 Å². The summed E-state index contributed by atoms with van der Waals surface area (Å²) in [6.45, 7) is 1.21. The van der Waals surface area contributed by atoms with Gasteiger partial charge in [0, 0.05) is 30.4 Å². The number of aromatic nitrogens is 3. The molecule has 1 aliphatic rings. The molecule has 1 N–H and O–H groups in total. The van der Waals surface area contributed by atoms with Crippen LogP contribution in [0.4, 0.5) is 0 Å². The molecule has 27 heavy (non-hydrogen) atoms. The summed E-state index contributed by atoms with van der Waals surface area (Å²) >= 11 is 0. The van der Waals surface area contributed by atoms with Gasteiger partial charge in [0.1, 0.15) is 0 Å². The molecule has 3 aromatic rings. The van der Waals surface area contributed by atoms with E-state index >= 15 is 0 Å². The number of aromatic carboxylic acids is 1. The van der Waals surface area contributed by atoms with Gasteiger partial charge < -0.3 is 14.4 Å². The number of nitrogens with zero attached hydrogens (tertiary/aromatic N) is 4. The van der Waals surface area contributed by atoms with Gasteiger partial charge in [0.2, 0.25) is 0 Å². The van der Waals surface area contributed by atoms with Crippen molar-refractivity contribution in [2.75, 3.05) is 13.1 Å². The fraction of sp³-hybridized carbons (Fsp3) is 0.263. The van der Waals surface area contributed by atoms with Crippen molar-refractivity contribution in [1.29, 1.82) is 0 Å². The summed E-state index contributed by atoms with van der Waals surface area (Å²) in [6.07, 6.45) is 7.39. The lowest BCUT2D eigenvalue weighted by Crippen LogP contribution is -2.39. The molecule has 2 aromatic heterocycles. The van der Waals surface area contributed by atoms with E-state index in [1.807, 2.05) is 17.0 Å². The number of hydrogen-bond donors (Lipinski definition) is 1. The first kappa shape index (κ1) is 17.0. The molecule has 0 bridgehead atoms. The highest BCUT2D eigenvalue weighted by atomic mass is 16.4. The summed E-state index contributed by atoms with van der Waals surface area (Å²) in [5.74, 6) is -0.332. The molecule has 0 radical (unpaired) electrons. The highest BCUT2D eigenvalue weighted by Gasteiger charge is 2.25. The van der Waals surface area contributed by atoms with Crippen LogP contribution in [0, 0.1) is 0 Å². The average molecular weight is 366 g/mol. The van der Waals surface area contributed by atoms with Crippen molar-refractivity contribution in [1.82, 2.24) is 19.7 Å². The Bertz CT molecular complexity index is 939. The standard InChI is InChI=1S/C19H18N4O4/c24-18(14-3-1-13(2-4-14)17-10-20-12-27-17)22-7-5-16(6-8-22)23-11-15(9-21-23)19(25)26/h1-4,9-12,16H,5-8H2,(H,25,26). The fourth-order valence-electron chi connectivity index (χ4n) is 3.30. The molecule has 3 heterocycles. The number of amides is 1. The smallest absolute Gasteiger partial charge is 0.338 e. The van der Waals surface area contributed by atoms with Crippen molar-refractivity contribution < 1.29 is 19.1 Å². The Kier molecular flexibility index (Phi) is 4.45. The van der Waals surface area contributed by atoms with Crippen molar-refractivity contribution in [2.45, 2.75) is 18.9 Å². The van der Waals surface area contributed by atoms with Crippen LogP contribution in [0.3, 0.4) is 0 Å². The first-order chi connectivity index (χ1) is 13.1. The van der Waals surface area contributed by atoms with Gasteiger partial charge in [-0.2, -0.15) is 5.10 Å². The van der Waals surface area contributed by atoms with E-state index in [1.165, 1.54) is 12.6 Å². The van der Waals surface area contributed by atoms with Crippen LogP contribution in [0.25, 0.3) is 11.3 Å². The number of carboxylic acids is 1. The molecule has 8 nitrogen and oxygen atoms in total. The second-order valence-electron chi connectivity index (χ2n) is 6.48. The molecule has 1 fully saturated rings. The first-order valence-electron chi connectivity index (χ1n) is 8.67. The summed E-state index contributed by atoms with van der Waals surface area (Å²) in [4.78, 5) is 29.4. The number of carboxylic acid groups (broad SMARTS) is 1. The van der Waals surface area contributed by atoms with Gasteiger partial charge in [-0.3, -0.25) is 9.48 Å². The number of benzene rings is 1. The lowest BCUT2D eigenvalue weighted by atomic mass is 10.0. The Hall–Kier alpha value is -3.42. The number of rotatable bonds is 4. The SMILES string of the molecule is O=C(O)c1cnn(C2CCN(C(=O)c3ccc(-c4cnco4)cc3)CC2)c1. The zero-order chi connectivity index (χ0) is 18.8. The predicted octanol–water partition coefficient (Wildman–Crippen LogP) is 2.71. The second kappa shape index (κ2) is 7.06. The maximum Gasteiger partial charge on any atom is 0.338 e. The van der Waals surface area contributed by atoms with Crippen LogP contribution in [0.15, 0.2) is 53.7 Å². The van der Waals surface area contributed by atoms with E-state index in [0.717, 1.165) is 18.4 Å². The molecule has 0 atom stereocenters. The Labute approximate surface area is 155 Å². The molecular formula is C19H18N4O4. The minimum absolute atomic E-state index is 0.00994. The molecule has 8 heteroatoms. The van der Waals surface area contributed by atoms with E-state index in [4.69, 9.17) is 9.52 Å².